The highest BCUT2D eigenvalue weighted by Crippen LogP contribution is 2.14. The second-order valence-corrected chi connectivity index (χ2v) is 10.3. The highest BCUT2D eigenvalue weighted by molar-refractivity contribution is 7.89. The van der Waals surface area contributed by atoms with Crippen molar-refractivity contribution in [1.29, 1.82) is 0 Å². The summed E-state index contributed by atoms with van der Waals surface area (Å²) in [7, 11) is 0.290. The number of benzene rings is 2. The molecule has 3 aromatic rings. The molecule has 1 atom stereocenters. The van der Waals surface area contributed by atoms with Crippen LogP contribution in [0.2, 0.25) is 0 Å². The minimum absolute atomic E-state index is 0.0687. The van der Waals surface area contributed by atoms with Gasteiger partial charge >= 0.3 is 0 Å². The van der Waals surface area contributed by atoms with Crippen LogP contribution in [0.15, 0.2) is 77.0 Å². The highest BCUT2D eigenvalue weighted by atomic mass is 32.2. The highest BCUT2D eigenvalue weighted by Gasteiger charge is 2.18. The van der Waals surface area contributed by atoms with E-state index in [2.05, 4.69) is 10.0 Å². The number of carbonyl (C=O) groups is 1. The predicted molar refractivity (Wildman–Crippen MR) is 125 cm³/mol. The van der Waals surface area contributed by atoms with Gasteiger partial charge in [-0.05, 0) is 61.8 Å². The fourth-order valence-corrected chi connectivity index (χ4v) is 4.96. The Bertz CT molecular complexity index is 1070. The molecule has 164 valence electrons. The maximum absolute atomic E-state index is 12.8. The van der Waals surface area contributed by atoms with Gasteiger partial charge in [-0.2, -0.15) is 0 Å². The Morgan fingerprint density at radius 2 is 1.71 bits per heavy atom. The fraction of sp³-hybridized carbons (Fsp3) is 0.261. The monoisotopic (exact) mass is 457 g/mol. The molecule has 0 saturated heterocycles. The van der Waals surface area contributed by atoms with E-state index in [9.17, 15) is 13.2 Å². The second-order valence-electron chi connectivity index (χ2n) is 7.55. The first kappa shape index (κ1) is 23.1. The van der Waals surface area contributed by atoms with E-state index in [1.165, 1.54) is 23.5 Å². The lowest BCUT2D eigenvalue weighted by molar-refractivity contribution is 0.0930. The summed E-state index contributed by atoms with van der Waals surface area (Å²) in [4.78, 5) is 15.9. The van der Waals surface area contributed by atoms with Gasteiger partial charge in [0, 0.05) is 29.6 Å². The molecule has 0 aliphatic rings. The lowest BCUT2D eigenvalue weighted by Crippen LogP contribution is -2.43. The van der Waals surface area contributed by atoms with Crippen LogP contribution in [0.25, 0.3) is 0 Å². The van der Waals surface area contributed by atoms with Gasteiger partial charge in [0.05, 0.1) is 4.90 Å². The number of hydrogen-bond donors (Lipinski definition) is 2. The number of hydrogen-bond acceptors (Lipinski definition) is 5. The Labute approximate surface area is 188 Å². The molecule has 0 saturated carbocycles. The van der Waals surface area contributed by atoms with Gasteiger partial charge in [0.25, 0.3) is 5.91 Å². The van der Waals surface area contributed by atoms with Crippen molar-refractivity contribution >= 4 is 27.3 Å². The van der Waals surface area contributed by atoms with Crippen molar-refractivity contribution in [3.63, 3.8) is 0 Å². The molecule has 0 radical (unpaired) electrons. The molecule has 1 heterocycles. The Hall–Kier alpha value is -2.52. The molecule has 0 fully saturated rings. The molecular weight excluding hydrogens is 430 g/mol. The van der Waals surface area contributed by atoms with Crippen molar-refractivity contribution in [1.82, 2.24) is 14.9 Å². The Morgan fingerprint density at radius 3 is 2.32 bits per heavy atom. The van der Waals surface area contributed by atoms with Crippen molar-refractivity contribution < 1.29 is 13.2 Å². The van der Waals surface area contributed by atoms with E-state index < -0.39 is 10.0 Å². The van der Waals surface area contributed by atoms with Gasteiger partial charge in [-0.3, -0.25) is 4.79 Å². The molecule has 0 aliphatic heterocycles. The number of nitrogens with one attached hydrogen (secondary N) is 2. The molecule has 1 amide bonds. The molecule has 2 aromatic carbocycles. The van der Waals surface area contributed by atoms with Crippen LogP contribution in [-0.4, -0.2) is 45.9 Å². The number of likely N-dealkylation sites (N-methyl/N-ethyl adjacent to an activating group) is 1. The van der Waals surface area contributed by atoms with Gasteiger partial charge in [-0.25, -0.2) is 13.1 Å². The van der Waals surface area contributed by atoms with Gasteiger partial charge in [-0.1, -0.05) is 36.4 Å². The summed E-state index contributed by atoms with van der Waals surface area (Å²) in [5, 5.41) is 4.97. The molecule has 1 aromatic heterocycles. The van der Waals surface area contributed by atoms with Gasteiger partial charge in [-0.15, -0.1) is 11.3 Å². The molecule has 0 aliphatic carbocycles. The van der Waals surface area contributed by atoms with Crippen molar-refractivity contribution in [3.05, 3.63) is 88.1 Å². The topological polar surface area (TPSA) is 78.5 Å². The zero-order valence-electron chi connectivity index (χ0n) is 17.6. The third-order valence-corrected chi connectivity index (χ3v) is 6.98. The maximum Gasteiger partial charge on any atom is 0.251 e. The SMILES string of the molecule is CN(C)CC(Cc1ccccc1)NC(=O)c1ccc(S(=O)(=O)NCc2cccs2)cc1. The number of amides is 1. The van der Waals surface area contributed by atoms with Crippen LogP contribution in [0.4, 0.5) is 0 Å². The normalized spacial score (nSPS) is 12.6. The van der Waals surface area contributed by atoms with Crippen molar-refractivity contribution in [2.75, 3.05) is 20.6 Å². The van der Waals surface area contributed by atoms with Crippen LogP contribution in [0.1, 0.15) is 20.8 Å². The molecule has 6 nitrogen and oxygen atoms in total. The van der Waals surface area contributed by atoms with Crippen molar-refractivity contribution in [3.8, 4) is 0 Å². The van der Waals surface area contributed by atoms with Crippen LogP contribution < -0.4 is 10.0 Å². The molecule has 31 heavy (non-hydrogen) atoms. The number of carbonyl (C=O) groups excluding carboxylic acids is 1. The summed E-state index contributed by atoms with van der Waals surface area (Å²) < 4.78 is 27.6. The number of nitrogens with zero attached hydrogens (tertiary/aromatic N) is 1. The van der Waals surface area contributed by atoms with Gasteiger partial charge in [0.2, 0.25) is 10.0 Å². The molecular formula is C23H27N3O3S2. The molecule has 0 bridgehead atoms. The quantitative estimate of drug-likeness (QED) is 0.490. The molecule has 2 N–H and O–H groups in total. The Kier molecular flexibility index (Phi) is 7.97. The molecule has 3 rings (SSSR count). The minimum atomic E-state index is -3.64. The summed E-state index contributed by atoms with van der Waals surface area (Å²) in [6, 6.07) is 19.7. The van der Waals surface area contributed by atoms with E-state index >= 15 is 0 Å². The Morgan fingerprint density at radius 1 is 1.00 bits per heavy atom. The summed E-state index contributed by atoms with van der Waals surface area (Å²) in [6.45, 7) is 0.938. The van der Waals surface area contributed by atoms with Gasteiger partial charge < -0.3 is 10.2 Å². The summed E-state index contributed by atoms with van der Waals surface area (Å²) in [6.07, 6.45) is 0.712. The lowest BCUT2D eigenvalue weighted by atomic mass is 10.0. The molecule has 0 spiro atoms. The molecule has 1 unspecified atom stereocenters. The summed E-state index contributed by atoms with van der Waals surface area (Å²) in [5.74, 6) is -0.224. The zero-order chi connectivity index (χ0) is 22.3. The smallest absolute Gasteiger partial charge is 0.251 e. The maximum atomic E-state index is 12.8. The third kappa shape index (κ3) is 7.00. The van der Waals surface area contributed by atoms with E-state index in [0.29, 0.717) is 18.5 Å². The number of sulfonamides is 1. The zero-order valence-corrected chi connectivity index (χ0v) is 19.2. The van der Waals surface area contributed by atoms with Crippen LogP contribution in [-0.2, 0) is 23.0 Å². The van der Waals surface area contributed by atoms with Crippen molar-refractivity contribution in [2.24, 2.45) is 0 Å². The first-order chi connectivity index (χ1) is 14.8. The van der Waals surface area contributed by atoms with Crippen LogP contribution in [0.3, 0.4) is 0 Å². The number of thiophene rings is 1. The van der Waals surface area contributed by atoms with Gasteiger partial charge in [0.15, 0.2) is 0 Å². The largest absolute Gasteiger partial charge is 0.348 e. The van der Waals surface area contributed by atoms with E-state index in [0.717, 1.165) is 10.4 Å². The summed E-state index contributed by atoms with van der Waals surface area (Å²) >= 11 is 1.49. The van der Waals surface area contributed by atoms with Crippen LogP contribution >= 0.6 is 11.3 Å². The van der Waals surface area contributed by atoms with Crippen molar-refractivity contribution in [2.45, 2.75) is 23.9 Å². The fourth-order valence-electron chi connectivity index (χ4n) is 3.22. The minimum Gasteiger partial charge on any atom is -0.348 e. The number of rotatable bonds is 10. The average Bonchev–Trinajstić information content (AvgIpc) is 3.26. The van der Waals surface area contributed by atoms with Gasteiger partial charge in [0.1, 0.15) is 0 Å². The van der Waals surface area contributed by atoms with E-state index in [-0.39, 0.29) is 23.4 Å². The van der Waals surface area contributed by atoms with E-state index in [1.54, 1.807) is 12.1 Å². The predicted octanol–water partition coefficient (Wildman–Crippen LogP) is 3.13. The van der Waals surface area contributed by atoms with E-state index in [4.69, 9.17) is 0 Å². The van der Waals surface area contributed by atoms with Crippen LogP contribution in [0.5, 0.6) is 0 Å². The lowest BCUT2D eigenvalue weighted by Gasteiger charge is -2.22. The summed E-state index contributed by atoms with van der Waals surface area (Å²) in [5.41, 5.74) is 1.57. The second kappa shape index (κ2) is 10.7. The standard InChI is InChI=1S/C23H27N3O3S2/c1-26(2)17-20(15-18-7-4-3-5-8-18)25-23(27)19-10-12-22(13-11-19)31(28,29)24-16-21-9-6-14-30-21/h3-14,20,24H,15-17H2,1-2H3,(H,25,27). The third-order valence-electron chi connectivity index (χ3n) is 4.69. The average molecular weight is 458 g/mol. The first-order valence-corrected chi connectivity index (χ1v) is 12.3. The van der Waals surface area contributed by atoms with Crippen LogP contribution in [0, 0.1) is 0 Å². The Balaban J connectivity index is 1.65. The molecule has 8 heteroatoms. The van der Waals surface area contributed by atoms with E-state index in [1.807, 2.05) is 66.8 Å². The first-order valence-electron chi connectivity index (χ1n) is 9.95.